The summed E-state index contributed by atoms with van der Waals surface area (Å²) in [6.45, 7) is 3.40. The minimum atomic E-state index is -0.833. The second kappa shape index (κ2) is 14.1. The minimum absolute atomic E-state index is 0.00115. The number of nitrogens with one attached hydrogen (secondary N) is 2. The fraction of sp³-hybridized carbons (Fsp3) is 0.320. The molecule has 0 radical (unpaired) electrons. The number of hydrogen-bond acceptors (Lipinski definition) is 7. The molecule has 2 amide bonds. The fourth-order valence-corrected chi connectivity index (χ4v) is 3.32. The lowest BCUT2D eigenvalue weighted by Gasteiger charge is -2.33. The summed E-state index contributed by atoms with van der Waals surface area (Å²) >= 11 is 0. The first-order valence-corrected chi connectivity index (χ1v) is 11.5. The predicted octanol–water partition coefficient (Wildman–Crippen LogP) is 0.864. The number of amides is 2. The van der Waals surface area contributed by atoms with Crippen molar-refractivity contribution in [1.29, 1.82) is 10.8 Å². The van der Waals surface area contributed by atoms with Gasteiger partial charge in [0.15, 0.2) is 0 Å². The molecule has 2 aromatic rings. The van der Waals surface area contributed by atoms with Crippen LogP contribution in [0.3, 0.4) is 0 Å². The van der Waals surface area contributed by atoms with Crippen molar-refractivity contribution in [3.63, 3.8) is 0 Å². The smallest absolute Gasteiger partial charge is 0.312 e. The van der Waals surface area contributed by atoms with Gasteiger partial charge >= 0.3 is 11.8 Å². The molecule has 1 saturated heterocycles. The van der Waals surface area contributed by atoms with E-state index in [0.717, 1.165) is 6.92 Å². The molecule has 0 unspecified atom stereocenters. The topological polar surface area (TPSA) is 196 Å². The fourth-order valence-electron chi connectivity index (χ4n) is 3.32. The van der Waals surface area contributed by atoms with E-state index in [2.05, 4.69) is 0 Å². The van der Waals surface area contributed by atoms with Crippen LogP contribution in [-0.4, -0.2) is 83.8 Å². The number of carbonyl (C=O) groups excluding carboxylic acids is 2. The van der Waals surface area contributed by atoms with Gasteiger partial charge in [-0.2, -0.15) is 0 Å². The Morgan fingerprint density at radius 2 is 1.19 bits per heavy atom. The number of carboxylic acids is 1. The van der Waals surface area contributed by atoms with E-state index < -0.39 is 17.8 Å². The third kappa shape index (κ3) is 9.51. The number of nitrogen functional groups attached to an aromatic ring is 2. The molecule has 0 spiro atoms. The lowest BCUT2D eigenvalue weighted by atomic mass is 10.2. The Kier molecular flexibility index (Phi) is 10.9. The first-order chi connectivity index (χ1) is 17.6. The van der Waals surface area contributed by atoms with Gasteiger partial charge in [0.1, 0.15) is 29.8 Å². The van der Waals surface area contributed by atoms with Crippen LogP contribution in [0.25, 0.3) is 0 Å². The van der Waals surface area contributed by atoms with Crippen LogP contribution >= 0.6 is 0 Å². The number of nitrogens with zero attached hydrogens (tertiary/aromatic N) is 2. The van der Waals surface area contributed by atoms with Crippen LogP contribution in [0, 0.1) is 10.8 Å². The van der Waals surface area contributed by atoms with E-state index in [4.69, 9.17) is 41.7 Å². The van der Waals surface area contributed by atoms with Crippen molar-refractivity contribution in [2.24, 2.45) is 11.5 Å². The monoisotopic (exact) mass is 512 g/mol. The summed E-state index contributed by atoms with van der Waals surface area (Å²) in [6.07, 6.45) is 0.590. The number of piperazine rings is 1. The highest BCUT2D eigenvalue weighted by Crippen LogP contribution is 2.14. The summed E-state index contributed by atoms with van der Waals surface area (Å²) in [5, 5.41) is 22.2. The van der Waals surface area contributed by atoms with E-state index in [1.54, 1.807) is 53.4 Å². The van der Waals surface area contributed by atoms with Crippen molar-refractivity contribution in [2.75, 3.05) is 39.4 Å². The first-order valence-electron chi connectivity index (χ1n) is 11.5. The Balaban J connectivity index is 0.00000112. The van der Waals surface area contributed by atoms with E-state index in [0.29, 0.717) is 61.8 Å². The second-order valence-electron chi connectivity index (χ2n) is 8.03. The van der Waals surface area contributed by atoms with Gasteiger partial charge in [0.25, 0.3) is 5.97 Å². The molecule has 12 nitrogen and oxygen atoms in total. The largest absolute Gasteiger partial charge is 0.494 e. The molecule has 1 aliphatic heterocycles. The van der Waals surface area contributed by atoms with Crippen molar-refractivity contribution in [3.05, 3.63) is 59.7 Å². The molecule has 1 fully saturated rings. The molecule has 12 heteroatoms. The van der Waals surface area contributed by atoms with Gasteiger partial charge < -0.3 is 35.8 Å². The maximum atomic E-state index is 12.4. The van der Waals surface area contributed by atoms with Gasteiger partial charge in [0.2, 0.25) is 0 Å². The van der Waals surface area contributed by atoms with Gasteiger partial charge in [-0.05, 0) is 55.0 Å². The molecule has 0 aliphatic carbocycles. The van der Waals surface area contributed by atoms with Crippen LogP contribution in [0.1, 0.15) is 24.5 Å². The summed E-state index contributed by atoms with van der Waals surface area (Å²) in [7, 11) is 0. The lowest BCUT2D eigenvalue weighted by molar-refractivity contribution is -0.156. The Morgan fingerprint density at radius 1 is 0.811 bits per heavy atom. The Bertz CT molecular complexity index is 1100. The zero-order chi connectivity index (χ0) is 27.4. The van der Waals surface area contributed by atoms with E-state index in [-0.39, 0.29) is 18.3 Å². The van der Waals surface area contributed by atoms with E-state index in [1.165, 1.54) is 4.90 Å². The third-order valence-corrected chi connectivity index (χ3v) is 5.20. The van der Waals surface area contributed by atoms with Crippen LogP contribution in [-0.2, 0) is 14.4 Å². The van der Waals surface area contributed by atoms with E-state index >= 15 is 0 Å². The molecule has 198 valence electrons. The number of ether oxygens (including phenoxy) is 2. The van der Waals surface area contributed by atoms with Crippen LogP contribution in [0.15, 0.2) is 48.5 Å². The number of nitrogens with two attached hydrogens (primary N) is 2. The van der Waals surface area contributed by atoms with Crippen LogP contribution in [0.5, 0.6) is 11.5 Å². The van der Waals surface area contributed by atoms with Crippen LogP contribution in [0.4, 0.5) is 0 Å². The van der Waals surface area contributed by atoms with Gasteiger partial charge in [-0.25, -0.2) is 0 Å². The molecule has 0 aromatic heterocycles. The van der Waals surface area contributed by atoms with Gasteiger partial charge in [-0.1, -0.05) is 0 Å². The standard InChI is InChI=1S/C23H28N6O4.C2H4O2/c24-20(25)16-2-6-18(7-3-16)32-14-1-10-28-11-12-29(23(31)22(28)30)13-15-33-19-8-4-17(5-9-19)21(26)27;1-2(3)4/h2-9H,1,10-15H2,(H3,24,25)(H3,26,27);1H3,(H,3,4). The minimum Gasteiger partial charge on any atom is -0.494 e. The van der Waals surface area contributed by atoms with E-state index in [9.17, 15) is 9.59 Å². The Labute approximate surface area is 214 Å². The number of aliphatic carboxylic acids is 1. The molecule has 1 aliphatic rings. The highest BCUT2D eigenvalue weighted by molar-refractivity contribution is 6.35. The highest BCUT2D eigenvalue weighted by atomic mass is 16.5. The molecule has 0 bridgehead atoms. The molecule has 0 saturated carbocycles. The zero-order valence-electron chi connectivity index (χ0n) is 20.6. The molecule has 0 atom stereocenters. The Morgan fingerprint density at radius 3 is 1.59 bits per heavy atom. The first kappa shape index (κ1) is 28.6. The van der Waals surface area contributed by atoms with E-state index in [1.807, 2.05) is 0 Å². The Hall–Kier alpha value is -4.61. The number of carbonyl (C=O) groups is 3. The van der Waals surface area contributed by atoms with Crippen LogP contribution < -0.4 is 20.9 Å². The molecule has 1 heterocycles. The van der Waals surface area contributed by atoms with Gasteiger partial charge in [-0.3, -0.25) is 25.2 Å². The average Bonchev–Trinajstić information content (AvgIpc) is 2.85. The second-order valence-corrected chi connectivity index (χ2v) is 8.03. The quantitative estimate of drug-likeness (QED) is 0.126. The number of rotatable bonds is 11. The lowest BCUT2D eigenvalue weighted by Crippen LogP contribution is -2.55. The molecule has 3 rings (SSSR count). The molecular formula is C25H32N6O6. The van der Waals surface area contributed by atoms with Gasteiger partial charge in [-0.15, -0.1) is 0 Å². The van der Waals surface area contributed by atoms with Gasteiger partial charge in [0.05, 0.1) is 13.2 Å². The summed E-state index contributed by atoms with van der Waals surface area (Å²) in [4.78, 5) is 36.9. The summed E-state index contributed by atoms with van der Waals surface area (Å²) in [5.74, 6) is -0.635. The average molecular weight is 513 g/mol. The SMILES string of the molecule is CC(=O)O.N=C(N)c1ccc(OCCCN2CCN(CCOc3ccc(C(=N)N)cc3)C(=O)C2=O)cc1. The summed E-state index contributed by atoms with van der Waals surface area (Å²) < 4.78 is 11.3. The van der Waals surface area contributed by atoms with Crippen molar-refractivity contribution < 1.29 is 29.0 Å². The maximum Gasteiger partial charge on any atom is 0.312 e. The number of carboxylic acid groups (broad SMARTS) is 1. The predicted molar refractivity (Wildman–Crippen MR) is 137 cm³/mol. The number of amidine groups is 2. The molecule has 7 N–H and O–H groups in total. The number of hydrogen-bond donors (Lipinski definition) is 5. The summed E-state index contributed by atoms with van der Waals surface area (Å²) in [6, 6.07) is 13.7. The van der Waals surface area contributed by atoms with Gasteiger partial charge in [0, 0.05) is 37.7 Å². The van der Waals surface area contributed by atoms with Crippen molar-refractivity contribution in [2.45, 2.75) is 13.3 Å². The third-order valence-electron chi connectivity index (χ3n) is 5.20. The molecule has 2 aromatic carbocycles. The van der Waals surface area contributed by atoms with Crippen molar-refractivity contribution >= 4 is 29.5 Å². The zero-order valence-corrected chi connectivity index (χ0v) is 20.6. The highest BCUT2D eigenvalue weighted by Gasteiger charge is 2.31. The molecular weight excluding hydrogens is 480 g/mol. The number of benzene rings is 2. The molecule has 37 heavy (non-hydrogen) atoms. The van der Waals surface area contributed by atoms with Crippen molar-refractivity contribution in [1.82, 2.24) is 9.80 Å². The summed E-state index contributed by atoms with van der Waals surface area (Å²) in [5.41, 5.74) is 12.1. The van der Waals surface area contributed by atoms with Crippen LogP contribution in [0.2, 0.25) is 0 Å². The normalized spacial score (nSPS) is 12.9. The maximum absolute atomic E-state index is 12.4. The van der Waals surface area contributed by atoms with Crippen molar-refractivity contribution in [3.8, 4) is 11.5 Å².